The van der Waals surface area contributed by atoms with Crippen molar-refractivity contribution in [2.45, 2.75) is 6.92 Å². The predicted molar refractivity (Wildman–Crippen MR) is 81.0 cm³/mol. The summed E-state index contributed by atoms with van der Waals surface area (Å²) in [6.07, 6.45) is 4.23. The quantitative estimate of drug-likeness (QED) is 0.455. The maximum absolute atomic E-state index is 12.3. The molecule has 3 aromatic rings. The average molecular weight is 296 g/mol. The number of aryl methyl sites for hydroxylation is 1. The van der Waals surface area contributed by atoms with Crippen molar-refractivity contribution in [1.29, 1.82) is 0 Å². The van der Waals surface area contributed by atoms with Gasteiger partial charge in [-0.15, -0.1) is 0 Å². The van der Waals surface area contributed by atoms with Crippen LogP contribution in [0.4, 0.5) is 0 Å². The highest BCUT2D eigenvalue weighted by atomic mass is 16.4. The van der Waals surface area contributed by atoms with Crippen molar-refractivity contribution in [2.24, 2.45) is 0 Å². The number of phenols is 1. The lowest BCUT2D eigenvalue weighted by Gasteiger charge is -2.06. The Morgan fingerprint density at radius 3 is 2.82 bits per heavy atom. The van der Waals surface area contributed by atoms with E-state index in [0.29, 0.717) is 16.7 Å². The number of rotatable bonds is 3. The lowest BCUT2D eigenvalue weighted by molar-refractivity contribution is 0.104. The van der Waals surface area contributed by atoms with Gasteiger partial charge in [0.2, 0.25) is 0 Å². The summed E-state index contributed by atoms with van der Waals surface area (Å²) in [5, 5.41) is 10.6. The third-order valence-corrected chi connectivity index (χ3v) is 3.29. The molecule has 0 atom stereocenters. The van der Waals surface area contributed by atoms with E-state index in [4.69, 9.17) is 8.83 Å². The third-order valence-electron chi connectivity index (χ3n) is 3.29. The Labute approximate surface area is 125 Å². The number of carbonyl (C=O) groups excluding carboxylic acids is 1. The fourth-order valence-corrected chi connectivity index (χ4v) is 2.24. The molecule has 0 aliphatic rings. The molecular formula is C17H12O5. The molecule has 0 bridgehead atoms. The molecule has 110 valence electrons. The van der Waals surface area contributed by atoms with Crippen molar-refractivity contribution in [1.82, 2.24) is 0 Å². The van der Waals surface area contributed by atoms with Crippen LogP contribution >= 0.6 is 0 Å². The van der Waals surface area contributed by atoms with Crippen molar-refractivity contribution < 1.29 is 18.7 Å². The van der Waals surface area contributed by atoms with E-state index < -0.39 is 11.4 Å². The zero-order chi connectivity index (χ0) is 15.7. The smallest absolute Gasteiger partial charge is 0.336 e. The average Bonchev–Trinajstić information content (AvgIpc) is 2.97. The van der Waals surface area contributed by atoms with Gasteiger partial charge < -0.3 is 13.9 Å². The molecule has 2 aromatic heterocycles. The molecule has 3 rings (SSSR count). The number of hydrogen-bond donors (Lipinski definition) is 1. The number of carbonyl (C=O) groups is 1. The standard InChI is InChI=1S/C17H12O5/c1-10-9-15(20)22-17-12(10)5-7-14(19)16(17)13(18)6-4-11-3-2-8-21-11/h2-9,19H,1H3. The highest BCUT2D eigenvalue weighted by Gasteiger charge is 2.17. The number of ketones is 1. The lowest BCUT2D eigenvalue weighted by Crippen LogP contribution is -2.03. The van der Waals surface area contributed by atoms with Crippen LogP contribution in [-0.4, -0.2) is 10.9 Å². The van der Waals surface area contributed by atoms with Gasteiger partial charge in [-0.2, -0.15) is 0 Å². The van der Waals surface area contributed by atoms with Crippen LogP contribution in [0, 0.1) is 6.92 Å². The summed E-state index contributed by atoms with van der Waals surface area (Å²) >= 11 is 0. The summed E-state index contributed by atoms with van der Waals surface area (Å²) < 4.78 is 10.2. The van der Waals surface area contributed by atoms with Gasteiger partial charge in [0.1, 0.15) is 17.1 Å². The van der Waals surface area contributed by atoms with Crippen molar-refractivity contribution in [2.75, 3.05) is 0 Å². The number of furan rings is 1. The zero-order valence-corrected chi connectivity index (χ0v) is 11.7. The number of phenolic OH excluding ortho intramolecular Hbond substituents is 1. The first kappa shape index (κ1) is 13.9. The maximum Gasteiger partial charge on any atom is 0.336 e. The number of allylic oxidation sites excluding steroid dienone is 1. The number of aromatic hydroxyl groups is 1. The fraction of sp³-hybridized carbons (Fsp3) is 0.0588. The Bertz CT molecular complexity index is 930. The van der Waals surface area contributed by atoms with Gasteiger partial charge in [0, 0.05) is 11.5 Å². The van der Waals surface area contributed by atoms with Gasteiger partial charge in [-0.1, -0.05) is 0 Å². The molecule has 1 N–H and O–H groups in total. The molecule has 0 aliphatic carbocycles. The predicted octanol–water partition coefficient (Wildman–Crippen LogP) is 3.30. The fourth-order valence-electron chi connectivity index (χ4n) is 2.24. The Hall–Kier alpha value is -3.08. The minimum Gasteiger partial charge on any atom is -0.507 e. The Morgan fingerprint density at radius 2 is 2.09 bits per heavy atom. The molecule has 0 spiro atoms. The summed E-state index contributed by atoms with van der Waals surface area (Å²) in [5.74, 6) is -0.214. The van der Waals surface area contributed by atoms with Crippen LogP contribution in [0.25, 0.3) is 17.0 Å². The Morgan fingerprint density at radius 1 is 1.27 bits per heavy atom. The van der Waals surface area contributed by atoms with Gasteiger partial charge in [0.25, 0.3) is 0 Å². The molecule has 0 amide bonds. The normalized spacial score (nSPS) is 11.3. The van der Waals surface area contributed by atoms with Gasteiger partial charge in [-0.3, -0.25) is 4.79 Å². The first-order valence-electron chi connectivity index (χ1n) is 6.58. The van der Waals surface area contributed by atoms with E-state index in [1.807, 2.05) is 0 Å². The van der Waals surface area contributed by atoms with E-state index in [0.717, 1.165) is 0 Å². The SMILES string of the molecule is Cc1cc(=O)oc2c(C(=O)C=Cc3ccco3)c(O)ccc12. The zero-order valence-electron chi connectivity index (χ0n) is 11.7. The molecule has 0 fully saturated rings. The largest absolute Gasteiger partial charge is 0.507 e. The highest BCUT2D eigenvalue weighted by molar-refractivity contribution is 6.15. The molecule has 0 saturated carbocycles. The summed E-state index contributed by atoms with van der Waals surface area (Å²) in [6.45, 7) is 1.74. The van der Waals surface area contributed by atoms with Crippen molar-refractivity contribution in [3.05, 3.63) is 70.0 Å². The van der Waals surface area contributed by atoms with Crippen molar-refractivity contribution in [3.8, 4) is 5.75 Å². The molecular weight excluding hydrogens is 284 g/mol. The third kappa shape index (κ3) is 2.44. The number of hydrogen-bond acceptors (Lipinski definition) is 5. The molecule has 1 aromatic carbocycles. The molecule has 5 nitrogen and oxygen atoms in total. The minimum absolute atomic E-state index is 0.0406. The molecule has 22 heavy (non-hydrogen) atoms. The van der Waals surface area contributed by atoms with E-state index in [-0.39, 0.29) is 16.9 Å². The Balaban J connectivity index is 2.15. The minimum atomic E-state index is -0.570. The van der Waals surface area contributed by atoms with Gasteiger partial charge in [-0.05, 0) is 48.9 Å². The van der Waals surface area contributed by atoms with Crippen LogP contribution in [0.3, 0.4) is 0 Å². The van der Waals surface area contributed by atoms with Crippen molar-refractivity contribution in [3.63, 3.8) is 0 Å². The van der Waals surface area contributed by atoms with E-state index >= 15 is 0 Å². The van der Waals surface area contributed by atoms with Crippen LogP contribution in [0.2, 0.25) is 0 Å². The van der Waals surface area contributed by atoms with Gasteiger partial charge >= 0.3 is 5.63 Å². The van der Waals surface area contributed by atoms with Gasteiger partial charge in [0.05, 0.1) is 6.26 Å². The first-order valence-corrected chi connectivity index (χ1v) is 6.58. The van der Waals surface area contributed by atoms with E-state index in [1.165, 1.54) is 30.5 Å². The summed E-state index contributed by atoms with van der Waals surface area (Å²) in [6, 6.07) is 7.74. The summed E-state index contributed by atoms with van der Waals surface area (Å²) in [5.41, 5.74) is 0.148. The second-order valence-corrected chi connectivity index (χ2v) is 4.80. The molecule has 0 saturated heterocycles. The van der Waals surface area contributed by atoms with Gasteiger partial charge in [0.15, 0.2) is 11.4 Å². The Kier molecular flexibility index (Phi) is 3.39. The second kappa shape index (κ2) is 5.37. The van der Waals surface area contributed by atoms with Crippen molar-refractivity contribution >= 4 is 22.8 Å². The van der Waals surface area contributed by atoms with Crippen LogP contribution in [0.5, 0.6) is 5.75 Å². The van der Waals surface area contributed by atoms with Crippen LogP contribution in [0.15, 0.2) is 56.3 Å². The van der Waals surface area contributed by atoms with Crippen LogP contribution < -0.4 is 5.63 Å². The number of benzene rings is 1. The first-order chi connectivity index (χ1) is 10.6. The molecule has 0 aliphatic heterocycles. The van der Waals surface area contributed by atoms with Gasteiger partial charge in [-0.25, -0.2) is 4.79 Å². The molecule has 0 radical (unpaired) electrons. The topological polar surface area (TPSA) is 80.7 Å². The van der Waals surface area contributed by atoms with Crippen LogP contribution in [0.1, 0.15) is 21.7 Å². The van der Waals surface area contributed by atoms with E-state index in [1.54, 1.807) is 25.1 Å². The van der Waals surface area contributed by atoms with E-state index in [9.17, 15) is 14.7 Å². The summed E-state index contributed by atoms with van der Waals surface area (Å²) in [4.78, 5) is 23.9. The highest BCUT2D eigenvalue weighted by Crippen LogP contribution is 2.28. The summed E-state index contributed by atoms with van der Waals surface area (Å²) in [7, 11) is 0. The second-order valence-electron chi connectivity index (χ2n) is 4.80. The van der Waals surface area contributed by atoms with Crippen LogP contribution in [-0.2, 0) is 0 Å². The van der Waals surface area contributed by atoms with E-state index in [2.05, 4.69) is 0 Å². The molecule has 5 heteroatoms. The molecule has 0 unspecified atom stereocenters. The number of fused-ring (bicyclic) bond motifs is 1. The molecule has 2 heterocycles. The lowest BCUT2D eigenvalue weighted by atomic mass is 10.0. The maximum atomic E-state index is 12.3. The monoisotopic (exact) mass is 296 g/mol.